The molecule has 7 heteroatoms. The summed E-state index contributed by atoms with van der Waals surface area (Å²) < 4.78 is 32.6. The predicted molar refractivity (Wildman–Crippen MR) is 80.6 cm³/mol. The van der Waals surface area contributed by atoms with Crippen molar-refractivity contribution in [1.29, 1.82) is 0 Å². The number of hydrogen-bond donors (Lipinski definition) is 0. The third-order valence-corrected chi connectivity index (χ3v) is 4.73. The molecule has 1 saturated heterocycles. The van der Waals surface area contributed by atoms with Crippen LogP contribution in [0, 0.1) is 5.41 Å². The van der Waals surface area contributed by atoms with Gasteiger partial charge in [0.15, 0.2) is 0 Å². The number of rotatable bonds is 5. The third kappa shape index (κ3) is 7.24. The summed E-state index contributed by atoms with van der Waals surface area (Å²) in [5.41, 5.74) is -0.00479. The smallest absolute Gasteiger partial charge is 0.223 e. The fourth-order valence-corrected chi connectivity index (χ4v) is 3.09. The summed E-state index contributed by atoms with van der Waals surface area (Å²) in [6, 6.07) is 0. The van der Waals surface area contributed by atoms with E-state index in [1.165, 1.54) is 0 Å². The Labute approximate surface area is 128 Å². The summed E-state index contributed by atoms with van der Waals surface area (Å²) in [7, 11) is -2.06. The van der Waals surface area contributed by atoms with Crippen LogP contribution in [0.2, 0.25) is 0 Å². The van der Waals surface area contributed by atoms with E-state index in [0.717, 1.165) is 17.6 Å². The SMILES string of the molecule is CC(C)(C)CC(=O)N1CC[N+](C)(CCCS(=O)(=O)[O-])CC1. The molecule has 0 spiro atoms. The molecule has 0 aromatic rings. The van der Waals surface area contributed by atoms with Crippen molar-refractivity contribution in [1.82, 2.24) is 4.90 Å². The van der Waals surface area contributed by atoms with Gasteiger partial charge in [-0.25, -0.2) is 8.42 Å². The Balaban J connectivity index is 2.42. The molecule has 0 atom stereocenters. The monoisotopic (exact) mass is 320 g/mol. The molecule has 6 nitrogen and oxygen atoms in total. The first kappa shape index (κ1) is 18.4. The Kier molecular flexibility index (Phi) is 5.80. The summed E-state index contributed by atoms with van der Waals surface area (Å²) in [4.78, 5) is 14.1. The third-order valence-electron chi connectivity index (χ3n) is 3.95. The van der Waals surface area contributed by atoms with E-state index in [9.17, 15) is 17.8 Å². The van der Waals surface area contributed by atoms with Crippen LogP contribution in [-0.4, -0.2) is 73.8 Å². The van der Waals surface area contributed by atoms with Crippen molar-refractivity contribution < 1.29 is 22.2 Å². The van der Waals surface area contributed by atoms with Gasteiger partial charge in [-0.15, -0.1) is 0 Å². The van der Waals surface area contributed by atoms with Gasteiger partial charge in [-0.1, -0.05) is 20.8 Å². The molecule has 1 fully saturated rings. The number of nitrogens with zero attached hydrogens (tertiary/aromatic N) is 2. The van der Waals surface area contributed by atoms with Gasteiger partial charge in [0.25, 0.3) is 0 Å². The number of carbonyl (C=O) groups excluding carboxylic acids is 1. The summed E-state index contributed by atoms with van der Waals surface area (Å²) >= 11 is 0. The Morgan fingerprint density at radius 1 is 1.24 bits per heavy atom. The molecule has 21 heavy (non-hydrogen) atoms. The van der Waals surface area contributed by atoms with Crippen molar-refractivity contribution in [3.05, 3.63) is 0 Å². The van der Waals surface area contributed by atoms with Crippen LogP contribution < -0.4 is 0 Å². The summed E-state index contributed by atoms with van der Waals surface area (Å²) in [5.74, 6) is -0.107. The topological polar surface area (TPSA) is 77.5 Å². The van der Waals surface area contributed by atoms with Gasteiger partial charge < -0.3 is 13.9 Å². The van der Waals surface area contributed by atoms with E-state index < -0.39 is 10.1 Å². The molecule has 0 radical (unpaired) electrons. The van der Waals surface area contributed by atoms with Crippen LogP contribution in [0.25, 0.3) is 0 Å². The molecule has 0 N–H and O–H groups in total. The van der Waals surface area contributed by atoms with Crippen LogP contribution in [0.4, 0.5) is 0 Å². The first-order valence-electron chi connectivity index (χ1n) is 7.45. The molecule has 1 aliphatic heterocycles. The molecular weight excluding hydrogens is 292 g/mol. The van der Waals surface area contributed by atoms with E-state index in [1.807, 2.05) is 4.90 Å². The Bertz CT molecular complexity index is 460. The van der Waals surface area contributed by atoms with E-state index >= 15 is 0 Å². The highest BCUT2D eigenvalue weighted by molar-refractivity contribution is 7.85. The lowest BCUT2D eigenvalue weighted by Gasteiger charge is -2.42. The number of piperazine rings is 1. The zero-order chi connectivity index (χ0) is 16.3. The minimum absolute atomic E-state index is 0.00479. The average molecular weight is 320 g/mol. The molecule has 1 heterocycles. The molecule has 0 saturated carbocycles. The second-order valence-electron chi connectivity index (χ2n) is 7.52. The average Bonchev–Trinajstić information content (AvgIpc) is 2.25. The van der Waals surface area contributed by atoms with Crippen molar-refractivity contribution in [3.8, 4) is 0 Å². The van der Waals surface area contributed by atoms with Crippen LogP contribution in [0.5, 0.6) is 0 Å². The molecule has 1 amide bonds. The van der Waals surface area contributed by atoms with Gasteiger partial charge in [-0.2, -0.15) is 0 Å². The molecule has 124 valence electrons. The van der Waals surface area contributed by atoms with Crippen molar-refractivity contribution in [2.24, 2.45) is 5.41 Å². The van der Waals surface area contributed by atoms with E-state index in [1.54, 1.807) is 0 Å². The maximum Gasteiger partial charge on any atom is 0.223 e. The minimum atomic E-state index is -4.12. The molecular formula is C14H28N2O4S. The van der Waals surface area contributed by atoms with Crippen molar-refractivity contribution in [3.63, 3.8) is 0 Å². The molecule has 0 unspecified atom stereocenters. The van der Waals surface area contributed by atoms with Gasteiger partial charge in [0.2, 0.25) is 5.91 Å². The Morgan fingerprint density at radius 2 is 1.76 bits per heavy atom. The quantitative estimate of drug-likeness (QED) is 0.550. The zero-order valence-electron chi connectivity index (χ0n) is 13.6. The second-order valence-corrected chi connectivity index (χ2v) is 9.05. The highest BCUT2D eigenvalue weighted by Gasteiger charge is 2.31. The number of amides is 1. The Hall–Kier alpha value is -0.660. The van der Waals surface area contributed by atoms with Crippen LogP contribution in [-0.2, 0) is 14.9 Å². The van der Waals surface area contributed by atoms with Crippen LogP contribution in [0.15, 0.2) is 0 Å². The van der Waals surface area contributed by atoms with Gasteiger partial charge in [-0.05, 0) is 5.41 Å². The normalized spacial score (nSPS) is 19.6. The minimum Gasteiger partial charge on any atom is -0.748 e. The van der Waals surface area contributed by atoms with Crippen LogP contribution in [0.1, 0.15) is 33.6 Å². The molecule has 0 aliphatic carbocycles. The predicted octanol–water partition coefficient (Wildman–Crippen LogP) is 0.647. The van der Waals surface area contributed by atoms with Gasteiger partial charge in [-0.3, -0.25) is 4.79 Å². The molecule has 0 aromatic heterocycles. The van der Waals surface area contributed by atoms with E-state index in [0.29, 0.717) is 32.5 Å². The largest absolute Gasteiger partial charge is 0.748 e. The fourth-order valence-electron chi connectivity index (χ4n) is 2.61. The Morgan fingerprint density at radius 3 is 2.19 bits per heavy atom. The van der Waals surface area contributed by atoms with Crippen LogP contribution in [0.3, 0.4) is 0 Å². The van der Waals surface area contributed by atoms with Gasteiger partial charge >= 0.3 is 0 Å². The first-order valence-corrected chi connectivity index (χ1v) is 9.03. The maximum atomic E-state index is 12.2. The van der Waals surface area contributed by atoms with E-state index in [-0.39, 0.29) is 17.1 Å². The maximum absolute atomic E-state index is 12.2. The lowest BCUT2D eigenvalue weighted by molar-refractivity contribution is -0.913. The summed E-state index contributed by atoms with van der Waals surface area (Å²) in [6.45, 7) is 9.87. The van der Waals surface area contributed by atoms with Gasteiger partial charge in [0, 0.05) is 18.6 Å². The lowest BCUT2D eigenvalue weighted by Crippen LogP contribution is -2.59. The van der Waals surface area contributed by atoms with Crippen LogP contribution >= 0.6 is 0 Å². The number of hydrogen-bond acceptors (Lipinski definition) is 4. The van der Waals surface area contributed by atoms with Gasteiger partial charge in [0.05, 0.1) is 49.9 Å². The molecule has 0 aromatic carbocycles. The van der Waals surface area contributed by atoms with Crippen molar-refractivity contribution >= 4 is 16.0 Å². The number of carbonyl (C=O) groups is 1. The molecule has 1 aliphatic rings. The van der Waals surface area contributed by atoms with Gasteiger partial charge in [0.1, 0.15) is 0 Å². The van der Waals surface area contributed by atoms with E-state index in [4.69, 9.17) is 0 Å². The first-order chi connectivity index (χ1) is 9.40. The number of likely N-dealkylation sites (N-methyl/N-ethyl adjacent to an activating group) is 1. The molecule has 1 rings (SSSR count). The van der Waals surface area contributed by atoms with E-state index in [2.05, 4.69) is 27.8 Å². The molecule has 0 bridgehead atoms. The summed E-state index contributed by atoms with van der Waals surface area (Å²) in [6.07, 6.45) is 0.934. The highest BCUT2D eigenvalue weighted by Crippen LogP contribution is 2.21. The second kappa shape index (κ2) is 6.62. The highest BCUT2D eigenvalue weighted by atomic mass is 32.2. The fraction of sp³-hybridized carbons (Fsp3) is 0.929. The number of quaternary nitrogens is 1. The van der Waals surface area contributed by atoms with Crippen molar-refractivity contribution in [2.45, 2.75) is 33.6 Å². The standard InChI is InChI=1S/C14H28N2O4S/c1-14(2,3)12-13(17)15-6-9-16(4,10-7-15)8-5-11-21(18,19)20/h5-12H2,1-4H3. The lowest BCUT2D eigenvalue weighted by atomic mass is 9.91. The van der Waals surface area contributed by atoms with Crippen molar-refractivity contribution in [2.75, 3.05) is 45.5 Å². The summed E-state index contributed by atoms with van der Waals surface area (Å²) in [5, 5.41) is 0. The zero-order valence-corrected chi connectivity index (χ0v) is 14.4.